The van der Waals surface area contributed by atoms with Crippen LogP contribution in [-0.2, 0) is 30.7 Å². The first kappa shape index (κ1) is 41.1. The highest BCUT2D eigenvalue weighted by atomic mass is 35.5. The summed E-state index contributed by atoms with van der Waals surface area (Å²) in [5.74, 6) is -1.34. The van der Waals surface area contributed by atoms with E-state index >= 15 is 0 Å². The Morgan fingerprint density at radius 1 is 0.540 bits per heavy atom. The summed E-state index contributed by atoms with van der Waals surface area (Å²) in [4.78, 5) is 33.3. The number of carboxylic acid groups (broad SMARTS) is 1. The van der Waals surface area contributed by atoms with Gasteiger partial charge in [-0.2, -0.15) is 0 Å². The van der Waals surface area contributed by atoms with Gasteiger partial charge in [-0.3, -0.25) is 9.97 Å². The molecular formula is C53H40Cl2N4O4. The van der Waals surface area contributed by atoms with E-state index < -0.39 is 5.97 Å². The van der Waals surface area contributed by atoms with Gasteiger partial charge in [0.1, 0.15) is 0 Å². The maximum atomic E-state index is 12.2. The molecule has 310 valence electrons. The van der Waals surface area contributed by atoms with Gasteiger partial charge < -0.3 is 19.0 Å². The van der Waals surface area contributed by atoms with Gasteiger partial charge in [-0.1, -0.05) is 96.0 Å². The fourth-order valence-electron chi connectivity index (χ4n) is 8.08. The molecule has 0 fully saturated rings. The first-order chi connectivity index (χ1) is 30.7. The molecule has 63 heavy (non-hydrogen) atoms. The van der Waals surface area contributed by atoms with Crippen molar-refractivity contribution in [3.05, 3.63) is 225 Å². The monoisotopic (exact) mass is 866 g/mol. The van der Waals surface area contributed by atoms with Gasteiger partial charge in [-0.15, -0.1) is 0 Å². The van der Waals surface area contributed by atoms with Crippen molar-refractivity contribution >= 4 is 78.8 Å². The van der Waals surface area contributed by atoms with Crippen molar-refractivity contribution in [1.82, 2.24) is 19.1 Å². The van der Waals surface area contributed by atoms with Crippen LogP contribution in [0.3, 0.4) is 0 Å². The molecule has 10 heteroatoms. The maximum Gasteiger partial charge on any atom is 0.338 e. The highest BCUT2D eigenvalue weighted by Crippen LogP contribution is 2.26. The normalized spacial score (nSPS) is 11.2. The summed E-state index contributed by atoms with van der Waals surface area (Å²) < 4.78 is 9.31. The van der Waals surface area contributed by atoms with Crippen LogP contribution in [0.4, 0.5) is 0 Å². The Bertz CT molecular complexity index is 3340. The van der Waals surface area contributed by atoms with Crippen molar-refractivity contribution in [2.45, 2.75) is 25.9 Å². The standard InChI is InChI=1S/C27H21ClN2O2.C26H19ClN2O2/c1-32-27(31)24-16-22(28)9-7-20(24)14-18-6-11-26-21(15-18)12-13-30(26)17-23-10-8-19-4-2-3-5-25(19)29-23;27-21-8-6-19(23(15-21)26(30)31)13-17-5-10-25-20(14-17)11-12-29(25)16-22-9-7-18-3-1-2-4-24(18)28-22/h2-13,15-16H,14,17H2,1H3;1-12,14-15H,13,16H2,(H,30,31). The number of hydrogen-bond donors (Lipinski definition) is 1. The van der Waals surface area contributed by atoms with Crippen molar-refractivity contribution in [2.75, 3.05) is 7.11 Å². The average molecular weight is 868 g/mol. The van der Waals surface area contributed by atoms with E-state index in [0.717, 1.165) is 77.3 Å². The quantitative estimate of drug-likeness (QED) is 0.137. The smallest absolute Gasteiger partial charge is 0.338 e. The predicted molar refractivity (Wildman–Crippen MR) is 252 cm³/mol. The minimum atomic E-state index is -0.965. The molecule has 0 bridgehead atoms. The summed E-state index contributed by atoms with van der Waals surface area (Å²) in [5, 5.41) is 15.0. The first-order valence-electron chi connectivity index (χ1n) is 20.4. The number of halogens is 2. The average Bonchev–Trinajstić information content (AvgIpc) is 3.89. The Morgan fingerprint density at radius 2 is 1.02 bits per heavy atom. The summed E-state index contributed by atoms with van der Waals surface area (Å²) in [6.07, 6.45) is 5.31. The molecule has 0 saturated heterocycles. The molecule has 0 unspecified atom stereocenters. The number of rotatable bonds is 10. The zero-order chi connectivity index (χ0) is 43.5. The largest absolute Gasteiger partial charge is 0.478 e. The fraction of sp³-hybridized carbons (Fsp3) is 0.0943. The van der Waals surface area contributed by atoms with Crippen LogP contribution in [0.5, 0.6) is 0 Å². The number of ether oxygens (including phenoxy) is 1. The van der Waals surface area contributed by atoms with Gasteiger partial charge in [0.15, 0.2) is 0 Å². The number of pyridine rings is 2. The number of benzene rings is 6. The Labute approximate surface area is 373 Å². The van der Waals surface area contributed by atoms with Gasteiger partial charge in [0, 0.05) is 44.2 Å². The highest BCUT2D eigenvalue weighted by molar-refractivity contribution is 6.31. The molecule has 0 aliphatic heterocycles. The second kappa shape index (κ2) is 18.0. The number of carbonyl (C=O) groups excluding carboxylic acids is 1. The minimum absolute atomic E-state index is 0.243. The van der Waals surface area contributed by atoms with Crippen molar-refractivity contribution in [3.63, 3.8) is 0 Å². The van der Waals surface area contributed by atoms with Gasteiger partial charge >= 0.3 is 11.9 Å². The highest BCUT2D eigenvalue weighted by Gasteiger charge is 2.15. The molecule has 0 aliphatic carbocycles. The van der Waals surface area contributed by atoms with E-state index in [1.807, 2.05) is 48.5 Å². The number of esters is 1. The Hall–Kier alpha value is -7.26. The number of carboxylic acids is 1. The lowest BCUT2D eigenvalue weighted by Gasteiger charge is -2.10. The summed E-state index contributed by atoms with van der Waals surface area (Å²) in [5.41, 5.74) is 10.8. The second-order valence-corrected chi connectivity index (χ2v) is 16.3. The molecule has 6 aromatic carbocycles. The number of carbonyl (C=O) groups is 2. The first-order valence-corrected chi connectivity index (χ1v) is 21.2. The Balaban J connectivity index is 0.000000160. The van der Waals surface area contributed by atoms with Crippen LogP contribution in [0.2, 0.25) is 10.0 Å². The van der Waals surface area contributed by atoms with Gasteiger partial charge in [0.25, 0.3) is 0 Å². The van der Waals surface area contributed by atoms with E-state index in [1.165, 1.54) is 13.2 Å². The molecule has 8 nitrogen and oxygen atoms in total. The predicted octanol–water partition coefficient (Wildman–Crippen LogP) is 12.4. The molecule has 0 aliphatic rings. The number of methoxy groups -OCH3 is 1. The van der Waals surface area contributed by atoms with Crippen LogP contribution in [-0.4, -0.2) is 43.3 Å². The number of nitrogens with zero attached hydrogens (tertiary/aromatic N) is 4. The lowest BCUT2D eigenvalue weighted by Crippen LogP contribution is -2.06. The third kappa shape index (κ3) is 9.19. The van der Waals surface area contributed by atoms with E-state index in [0.29, 0.717) is 41.5 Å². The van der Waals surface area contributed by atoms with Gasteiger partial charge in [-0.25, -0.2) is 9.59 Å². The van der Waals surface area contributed by atoms with Crippen molar-refractivity contribution in [3.8, 4) is 0 Å². The molecule has 0 spiro atoms. The summed E-state index contributed by atoms with van der Waals surface area (Å²) in [6.45, 7) is 1.39. The zero-order valence-electron chi connectivity index (χ0n) is 34.2. The summed E-state index contributed by atoms with van der Waals surface area (Å²) in [7, 11) is 1.38. The van der Waals surface area contributed by atoms with E-state index in [4.69, 9.17) is 37.9 Å². The molecule has 0 atom stereocenters. The molecule has 10 rings (SSSR count). The fourth-order valence-corrected chi connectivity index (χ4v) is 8.43. The summed E-state index contributed by atoms with van der Waals surface area (Å²) in [6, 6.07) is 51.8. The van der Waals surface area contributed by atoms with E-state index in [1.54, 1.807) is 24.3 Å². The second-order valence-electron chi connectivity index (χ2n) is 15.4. The van der Waals surface area contributed by atoms with Crippen LogP contribution >= 0.6 is 23.2 Å². The molecule has 0 radical (unpaired) electrons. The summed E-state index contributed by atoms with van der Waals surface area (Å²) >= 11 is 12.1. The van der Waals surface area contributed by atoms with Gasteiger partial charge in [-0.05, 0) is 131 Å². The van der Waals surface area contributed by atoms with Gasteiger partial charge in [0.2, 0.25) is 0 Å². The SMILES string of the molecule is COC(=O)c1cc(Cl)ccc1Cc1ccc2c(ccn2Cc2ccc3ccccc3n2)c1.O=C(O)c1cc(Cl)ccc1Cc1ccc2c(ccn2Cc2ccc3ccccc3n2)c1. The molecule has 4 heterocycles. The lowest BCUT2D eigenvalue weighted by molar-refractivity contribution is 0.0598. The van der Waals surface area contributed by atoms with Crippen molar-refractivity contribution in [1.29, 1.82) is 0 Å². The third-order valence-electron chi connectivity index (χ3n) is 11.2. The zero-order valence-corrected chi connectivity index (χ0v) is 35.7. The maximum absolute atomic E-state index is 12.2. The molecule has 0 amide bonds. The van der Waals surface area contributed by atoms with Crippen LogP contribution < -0.4 is 0 Å². The number of aromatic carboxylic acids is 1. The molecule has 10 aromatic rings. The number of para-hydroxylation sites is 2. The van der Waals surface area contributed by atoms with E-state index in [9.17, 15) is 14.7 Å². The Morgan fingerprint density at radius 3 is 1.51 bits per heavy atom. The van der Waals surface area contributed by atoms with Crippen LogP contribution in [0.15, 0.2) is 170 Å². The van der Waals surface area contributed by atoms with E-state index in [2.05, 4.69) is 100 Å². The topological polar surface area (TPSA) is 99.2 Å². The Kier molecular flexibility index (Phi) is 11.7. The van der Waals surface area contributed by atoms with Crippen molar-refractivity contribution in [2.24, 2.45) is 0 Å². The lowest BCUT2D eigenvalue weighted by atomic mass is 9.99. The van der Waals surface area contributed by atoms with E-state index in [-0.39, 0.29) is 11.5 Å². The van der Waals surface area contributed by atoms with Gasteiger partial charge in [0.05, 0.1) is 53.7 Å². The molecular weight excluding hydrogens is 828 g/mol. The molecule has 1 N–H and O–H groups in total. The van der Waals surface area contributed by atoms with Crippen LogP contribution in [0.25, 0.3) is 43.6 Å². The minimum Gasteiger partial charge on any atom is -0.478 e. The van der Waals surface area contributed by atoms with Crippen LogP contribution in [0, 0.1) is 0 Å². The molecule has 4 aromatic heterocycles. The third-order valence-corrected chi connectivity index (χ3v) is 11.7. The molecule has 0 saturated carbocycles. The number of hydrogen-bond acceptors (Lipinski definition) is 5. The number of fused-ring (bicyclic) bond motifs is 4. The van der Waals surface area contributed by atoms with Crippen molar-refractivity contribution < 1.29 is 19.4 Å². The number of aromatic nitrogens is 4. The van der Waals surface area contributed by atoms with Crippen LogP contribution in [0.1, 0.15) is 54.4 Å².